The molecule has 0 atom stereocenters. The van der Waals surface area contributed by atoms with Gasteiger partial charge in [0.25, 0.3) is 11.8 Å². The zero-order chi connectivity index (χ0) is 22.3. The Balaban J connectivity index is 1.63. The molecule has 0 saturated heterocycles. The molecule has 31 heavy (non-hydrogen) atoms. The number of thiazole rings is 1. The molecule has 2 aromatic carbocycles. The molecule has 4 aromatic rings. The maximum atomic E-state index is 13.0. The number of hydrogen-bond donors (Lipinski definition) is 2. The van der Waals surface area contributed by atoms with Gasteiger partial charge in [0.05, 0.1) is 32.7 Å². The van der Waals surface area contributed by atoms with Gasteiger partial charge in [-0.15, -0.1) is 0 Å². The van der Waals surface area contributed by atoms with Crippen molar-refractivity contribution in [2.45, 2.75) is 13.8 Å². The first-order valence-electron chi connectivity index (χ1n) is 9.22. The minimum absolute atomic E-state index is 0.225. The molecule has 2 aromatic heterocycles. The van der Waals surface area contributed by atoms with Crippen LogP contribution < -0.4 is 10.6 Å². The summed E-state index contributed by atoms with van der Waals surface area (Å²) in [6.45, 7) is 3.51. The van der Waals surface area contributed by atoms with Gasteiger partial charge in [-0.1, -0.05) is 46.7 Å². The topological polar surface area (TPSA) is 88.9 Å². The molecule has 10 heteroatoms. The van der Waals surface area contributed by atoms with Gasteiger partial charge in [0, 0.05) is 12.1 Å². The van der Waals surface area contributed by atoms with Crippen molar-refractivity contribution in [3.05, 3.63) is 69.0 Å². The number of fused-ring (bicyclic) bond motifs is 1. The Morgan fingerprint density at radius 3 is 2.55 bits per heavy atom. The Labute approximate surface area is 192 Å². The van der Waals surface area contributed by atoms with Crippen LogP contribution in [0.15, 0.2) is 36.4 Å². The van der Waals surface area contributed by atoms with E-state index in [9.17, 15) is 9.59 Å². The smallest absolute Gasteiger partial charge is 0.260 e. The lowest BCUT2D eigenvalue weighted by Crippen LogP contribution is -2.19. The highest BCUT2D eigenvalue weighted by Gasteiger charge is 2.22. The van der Waals surface area contributed by atoms with Crippen molar-refractivity contribution in [2.24, 2.45) is 7.05 Å². The van der Waals surface area contributed by atoms with Gasteiger partial charge >= 0.3 is 0 Å². The fraction of sp³-hybridized carbons (Fsp3) is 0.143. The number of carbonyl (C=O) groups excluding carboxylic acids is 2. The second-order valence-electron chi connectivity index (χ2n) is 6.91. The van der Waals surface area contributed by atoms with Crippen LogP contribution in [0, 0.1) is 13.8 Å². The number of benzene rings is 2. The Kier molecular flexibility index (Phi) is 5.70. The number of hydrogen-bond acceptors (Lipinski definition) is 5. The first kappa shape index (κ1) is 21.3. The summed E-state index contributed by atoms with van der Waals surface area (Å²) in [6.07, 6.45) is 0. The fourth-order valence-electron chi connectivity index (χ4n) is 3.20. The third-order valence-electron chi connectivity index (χ3n) is 4.71. The van der Waals surface area contributed by atoms with Gasteiger partial charge in [-0.25, -0.2) is 4.98 Å². The molecule has 0 fully saturated rings. The molecule has 2 amide bonds. The van der Waals surface area contributed by atoms with Gasteiger partial charge in [0.15, 0.2) is 5.13 Å². The van der Waals surface area contributed by atoms with E-state index in [2.05, 4.69) is 20.7 Å². The third kappa shape index (κ3) is 4.14. The molecule has 0 aliphatic heterocycles. The number of para-hydroxylation sites is 1. The quantitative estimate of drug-likeness (QED) is 0.411. The highest BCUT2D eigenvalue weighted by molar-refractivity contribution is 7.22. The molecular weight excluding hydrogens is 457 g/mol. The molecule has 0 bridgehead atoms. The number of amides is 2. The van der Waals surface area contributed by atoms with Crippen LogP contribution in [0.5, 0.6) is 0 Å². The number of anilines is 2. The summed E-state index contributed by atoms with van der Waals surface area (Å²) in [6, 6.07) is 10.5. The minimum atomic E-state index is -0.437. The zero-order valence-electron chi connectivity index (χ0n) is 16.8. The molecule has 4 rings (SSSR count). The Morgan fingerprint density at radius 1 is 1.06 bits per heavy atom. The number of nitrogens with zero attached hydrogens (tertiary/aromatic N) is 3. The number of aromatic nitrogens is 3. The molecule has 0 aliphatic rings. The van der Waals surface area contributed by atoms with Crippen LogP contribution in [0.1, 0.15) is 32.0 Å². The van der Waals surface area contributed by atoms with Crippen molar-refractivity contribution < 1.29 is 9.59 Å². The summed E-state index contributed by atoms with van der Waals surface area (Å²) < 4.78 is 2.29. The Hall–Kier alpha value is -2.94. The third-order valence-corrected chi connectivity index (χ3v) is 6.31. The van der Waals surface area contributed by atoms with E-state index in [1.54, 1.807) is 44.3 Å². The van der Waals surface area contributed by atoms with E-state index < -0.39 is 11.8 Å². The van der Waals surface area contributed by atoms with Crippen LogP contribution in [-0.2, 0) is 7.05 Å². The van der Waals surface area contributed by atoms with Crippen molar-refractivity contribution in [2.75, 3.05) is 10.6 Å². The number of aryl methyl sites for hydroxylation is 3. The molecule has 0 spiro atoms. The van der Waals surface area contributed by atoms with Gasteiger partial charge < -0.3 is 5.32 Å². The lowest BCUT2D eigenvalue weighted by Gasteiger charge is -2.13. The standard InChI is InChI=1S/C21H17Cl2N5O2S/c1-10-5-4-6-13(17(10)25-20(30)16-11(2)27-28(3)18(16)23)19(29)26-21-24-14-8-7-12(22)9-15(14)31-21/h4-9H,1-3H3,(H,25,30)(H,24,26,29). The lowest BCUT2D eigenvalue weighted by atomic mass is 10.1. The van der Waals surface area contributed by atoms with Gasteiger partial charge in [-0.2, -0.15) is 5.10 Å². The molecule has 0 aliphatic carbocycles. The van der Waals surface area contributed by atoms with Crippen LogP contribution in [0.2, 0.25) is 10.2 Å². The molecule has 0 saturated carbocycles. The average molecular weight is 474 g/mol. The molecule has 158 valence electrons. The maximum Gasteiger partial charge on any atom is 0.260 e. The molecule has 2 N–H and O–H groups in total. The highest BCUT2D eigenvalue weighted by atomic mass is 35.5. The molecule has 2 heterocycles. The lowest BCUT2D eigenvalue weighted by molar-refractivity contribution is 0.102. The minimum Gasteiger partial charge on any atom is -0.321 e. The normalized spacial score (nSPS) is 11.0. The van der Waals surface area contributed by atoms with Crippen LogP contribution >= 0.6 is 34.5 Å². The van der Waals surface area contributed by atoms with Crippen LogP contribution in [0.4, 0.5) is 10.8 Å². The average Bonchev–Trinajstić information content (AvgIpc) is 3.21. The van der Waals surface area contributed by atoms with Crippen molar-refractivity contribution in [1.82, 2.24) is 14.8 Å². The van der Waals surface area contributed by atoms with Crippen molar-refractivity contribution in [1.29, 1.82) is 0 Å². The monoisotopic (exact) mass is 473 g/mol. The second-order valence-corrected chi connectivity index (χ2v) is 8.74. The van der Waals surface area contributed by atoms with Crippen molar-refractivity contribution in [3.8, 4) is 0 Å². The maximum absolute atomic E-state index is 13.0. The summed E-state index contributed by atoms with van der Waals surface area (Å²) in [7, 11) is 1.66. The van der Waals surface area contributed by atoms with Crippen molar-refractivity contribution in [3.63, 3.8) is 0 Å². The zero-order valence-corrected chi connectivity index (χ0v) is 19.1. The van der Waals surface area contributed by atoms with E-state index in [0.29, 0.717) is 27.1 Å². The fourth-order valence-corrected chi connectivity index (χ4v) is 4.60. The van der Waals surface area contributed by atoms with Crippen LogP contribution in [0.3, 0.4) is 0 Å². The van der Waals surface area contributed by atoms with Gasteiger partial charge in [0.2, 0.25) is 0 Å². The molecule has 7 nitrogen and oxygen atoms in total. The second kappa shape index (κ2) is 8.30. The van der Waals surface area contributed by atoms with E-state index in [1.807, 2.05) is 13.0 Å². The Morgan fingerprint density at radius 2 is 1.84 bits per heavy atom. The van der Waals surface area contributed by atoms with Crippen LogP contribution in [-0.4, -0.2) is 26.6 Å². The van der Waals surface area contributed by atoms with E-state index in [4.69, 9.17) is 23.2 Å². The highest BCUT2D eigenvalue weighted by Crippen LogP contribution is 2.30. The predicted octanol–water partition coefficient (Wildman–Crippen LogP) is 5.46. The van der Waals surface area contributed by atoms with Crippen LogP contribution in [0.25, 0.3) is 10.2 Å². The predicted molar refractivity (Wildman–Crippen MR) is 125 cm³/mol. The van der Waals surface area contributed by atoms with Crippen molar-refractivity contribution >= 4 is 67.4 Å². The SMILES string of the molecule is Cc1cccc(C(=O)Nc2nc3ccc(Cl)cc3s2)c1NC(=O)c1c(C)nn(C)c1Cl. The van der Waals surface area contributed by atoms with E-state index in [-0.39, 0.29) is 10.7 Å². The Bertz CT molecular complexity index is 1350. The first-order valence-corrected chi connectivity index (χ1v) is 10.8. The van der Waals surface area contributed by atoms with E-state index in [1.165, 1.54) is 16.0 Å². The number of rotatable bonds is 4. The van der Waals surface area contributed by atoms with Gasteiger partial charge in [0.1, 0.15) is 5.15 Å². The number of carbonyl (C=O) groups is 2. The molecular formula is C21H17Cl2N5O2S. The first-order chi connectivity index (χ1) is 14.7. The summed E-state index contributed by atoms with van der Waals surface area (Å²) in [4.78, 5) is 30.3. The largest absolute Gasteiger partial charge is 0.321 e. The number of nitrogens with one attached hydrogen (secondary N) is 2. The summed E-state index contributed by atoms with van der Waals surface area (Å²) in [5.74, 6) is -0.827. The van der Waals surface area contributed by atoms with E-state index >= 15 is 0 Å². The van der Waals surface area contributed by atoms with E-state index in [0.717, 1.165) is 15.8 Å². The summed E-state index contributed by atoms with van der Waals surface area (Å²) >= 11 is 13.6. The number of halogens is 2. The van der Waals surface area contributed by atoms with Gasteiger partial charge in [-0.05, 0) is 43.7 Å². The van der Waals surface area contributed by atoms with Gasteiger partial charge in [-0.3, -0.25) is 19.6 Å². The summed E-state index contributed by atoms with van der Waals surface area (Å²) in [5, 5.41) is 11.1. The molecule has 0 radical (unpaired) electrons. The summed E-state index contributed by atoms with van der Waals surface area (Å²) in [5.41, 5.74) is 2.94. The molecule has 0 unspecified atom stereocenters.